The van der Waals surface area contributed by atoms with Gasteiger partial charge < -0.3 is 15.5 Å². The molecule has 0 saturated carbocycles. The van der Waals surface area contributed by atoms with E-state index in [1.165, 1.54) is 0 Å². The Morgan fingerprint density at radius 3 is 2.33 bits per heavy atom. The zero-order valence-electron chi connectivity index (χ0n) is 13.8. The number of nitrogens with two attached hydrogens (primary N) is 1. The summed E-state index contributed by atoms with van der Waals surface area (Å²) in [4.78, 5) is 20.7. The highest BCUT2D eigenvalue weighted by Gasteiger charge is 2.21. The third-order valence-electron chi connectivity index (χ3n) is 4.01. The van der Waals surface area contributed by atoms with Crippen LogP contribution in [0.4, 0.5) is 5.82 Å². The topological polar surface area (TPSA) is 62.5 Å². The molecule has 0 bridgehead atoms. The molecule has 8 heteroatoms. The van der Waals surface area contributed by atoms with E-state index >= 15 is 0 Å². The van der Waals surface area contributed by atoms with Gasteiger partial charge in [0.2, 0.25) is 5.91 Å². The van der Waals surface area contributed by atoms with Crippen molar-refractivity contribution in [3.63, 3.8) is 0 Å². The van der Waals surface area contributed by atoms with Gasteiger partial charge in [-0.1, -0.05) is 24.4 Å². The number of anilines is 1. The first kappa shape index (κ1) is 23.2. The van der Waals surface area contributed by atoms with Gasteiger partial charge in [0.15, 0.2) is 0 Å². The molecular weight excluding hydrogens is 371 g/mol. The van der Waals surface area contributed by atoms with Crippen LogP contribution in [0.15, 0.2) is 18.3 Å². The summed E-state index contributed by atoms with van der Waals surface area (Å²) >= 11 is 5.85. The van der Waals surface area contributed by atoms with Crippen LogP contribution in [0.1, 0.15) is 32.1 Å². The van der Waals surface area contributed by atoms with Crippen LogP contribution in [0, 0.1) is 0 Å². The molecule has 1 aromatic rings. The summed E-state index contributed by atoms with van der Waals surface area (Å²) in [6.07, 6.45) is 6.57. The standard InChI is InChI=1S/C16H25ClN4O.2ClH/c17-14-6-7-15(19-13-14)20-9-11-21(12-10-20)16(22)5-3-1-2-4-8-18;;/h6-7,13H,1-5,8-12,18H2;2*1H. The molecule has 2 N–H and O–H groups in total. The Morgan fingerprint density at radius 1 is 1.08 bits per heavy atom. The maximum Gasteiger partial charge on any atom is 0.222 e. The fraction of sp³-hybridized carbons (Fsp3) is 0.625. The molecule has 0 aromatic carbocycles. The number of aromatic nitrogens is 1. The summed E-state index contributed by atoms with van der Waals surface area (Å²) in [6.45, 7) is 3.94. The second-order valence-electron chi connectivity index (χ2n) is 5.66. The average molecular weight is 398 g/mol. The van der Waals surface area contributed by atoms with E-state index in [4.69, 9.17) is 17.3 Å². The van der Waals surface area contributed by atoms with E-state index in [9.17, 15) is 4.79 Å². The molecule has 1 aromatic heterocycles. The van der Waals surface area contributed by atoms with E-state index in [-0.39, 0.29) is 30.7 Å². The molecule has 2 heterocycles. The van der Waals surface area contributed by atoms with Crippen LogP contribution in [0.2, 0.25) is 5.02 Å². The van der Waals surface area contributed by atoms with Crippen molar-refractivity contribution in [3.8, 4) is 0 Å². The van der Waals surface area contributed by atoms with Gasteiger partial charge in [-0.25, -0.2) is 4.98 Å². The number of unbranched alkanes of at least 4 members (excludes halogenated alkanes) is 3. The molecule has 1 amide bonds. The molecule has 1 aliphatic heterocycles. The molecule has 0 spiro atoms. The number of amides is 1. The van der Waals surface area contributed by atoms with Gasteiger partial charge in [0.1, 0.15) is 5.82 Å². The number of hydrogen-bond acceptors (Lipinski definition) is 4. The molecule has 24 heavy (non-hydrogen) atoms. The Labute approximate surface area is 161 Å². The minimum Gasteiger partial charge on any atom is -0.353 e. The van der Waals surface area contributed by atoms with Gasteiger partial charge in [-0.15, -0.1) is 24.8 Å². The Balaban J connectivity index is 0.00000264. The second kappa shape index (κ2) is 12.6. The number of piperazine rings is 1. The first-order valence-corrected chi connectivity index (χ1v) is 8.43. The van der Waals surface area contributed by atoms with E-state index in [1.807, 2.05) is 17.0 Å². The number of carbonyl (C=O) groups excluding carboxylic acids is 1. The van der Waals surface area contributed by atoms with E-state index in [2.05, 4.69) is 9.88 Å². The molecular formula is C16H27Cl3N4O. The maximum atomic E-state index is 12.2. The number of carbonyl (C=O) groups is 1. The molecule has 1 aliphatic rings. The zero-order chi connectivity index (χ0) is 15.8. The van der Waals surface area contributed by atoms with Gasteiger partial charge in [-0.3, -0.25) is 4.79 Å². The van der Waals surface area contributed by atoms with Crippen molar-refractivity contribution in [1.29, 1.82) is 0 Å². The summed E-state index contributed by atoms with van der Waals surface area (Å²) < 4.78 is 0. The van der Waals surface area contributed by atoms with Crippen LogP contribution in [0.25, 0.3) is 0 Å². The van der Waals surface area contributed by atoms with Gasteiger partial charge >= 0.3 is 0 Å². The molecule has 1 fully saturated rings. The summed E-state index contributed by atoms with van der Waals surface area (Å²) in [5.74, 6) is 1.20. The molecule has 1 saturated heterocycles. The molecule has 0 atom stereocenters. The number of nitrogens with zero attached hydrogens (tertiary/aromatic N) is 3. The summed E-state index contributed by atoms with van der Waals surface area (Å²) in [5.41, 5.74) is 5.46. The SMILES string of the molecule is Cl.Cl.NCCCCCCC(=O)N1CCN(c2ccc(Cl)cn2)CC1. The number of pyridine rings is 1. The van der Waals surface area contributed by atoms with Crippen molar-refractivity contribution in [1.82, 2.24) is 9.88 Å². The van der Waals surface area contributed by atoms with Crippen molar-refractivity contribution < 1.29 is 4.79 Å². The van der Waals surface area contributed by atoms with Crippen molar-refractivity contribution in [2.24, 2.45) is 5.73 Å². The Bertz CT molecular complexity index is 465. The fourth-order valence-electron chi connectivity index (χ4n) is 2.67. The van der Waals surface area contributed by atoms with Gasteiger partial charge in [-0.2, -0.15) is 0 Å². The quantitative estimate of drug-likeness (QED) is 0.718. The van der Waals surface area contributed by atoms with E-state index < -0.39 is 0 Å². The molecule has 0 unspecified atom stereocenters. The normalized spacial score (nSPS) is 13.9. The highest BCUT2D eigenvalue weighted by atomic mass is 35.5. The lowest BCUT2D eigenvalue weighted by Gasteiger charge is -2.35. The Kier molecular flexibility index (Phi) is 12.2. The van der Waals surface area contributed by atoms with E-state index in [1.54, 1.807) is 6.20 Å². The lowest BCUT2D eigenvalue weighted by molar-refractivity contribution is -0.131. The minimum atomic E-state index is 0. The smallest absolute Gasteiger partial charge is 0.222 e. The van der Waals surface area contributed by atoms with Crippen LogP contribution in [-0.2, 0) is 4.79 Å². The maximum absolute atomic E-state index is 12.2. The van der Waals surface area contributed by atoms with Gasteiger partial charge in [0.05, 0.1) is 5.02 Å². The van der Waals surface area contributed by atoms with Gasteiger partial charge in [0, 0.05) is 38.8 Å². The summed E-state index contributed by atoms with van der Waals surface area (Å²) in [7, 11) is 0. The first-order valence-electron chi connectivity index (χ1n) is 8.05. The molecule has 2 rings (SSSR count). The van der Waals surface area contributed by atoms with Crippen LogP contribution in [0.3, 0.4) is 0 Å². The van der Waals surface area contributed by atoms with Crippen LogP contribution < -0.4 is 10.6 Å². The van der Waals surface area contributed by atoms with Gasteiger partial charge in [-0.05, 0) is 31.5 Å². The minimum absolute atomic E-state index is 0. The Morgan fingerprint density at radius 2 is 1.75 bits per heavy atom. The third kappa shape index (κ3) is 7.43. The highest BCUT2D eigenvalue weighted by Crippen LogP contribution is 2.16. The van der Waals surface area contributed by atoms with Crippen molar-refractivity contribution in [2.45, 2.75) is 32.1 Å². The third-order valence-corrected chi connectivity index (χ3v) is 4.24. The molecule has 0 aliphatic carbocycles. The molecule has 0 radical (unpaired) electrons. The number of rotatable bonds is 7. The Hall–Kier alpha value is -0.750. The number of hydrogen-bond donors (Lipinski definition) is 1. The first-order chi connectivity index (χ1) is 10.7. The lowest BCUT2D eigenvalue weighted by Crippen LogP contribution is -2.49. The van der Waals surface area contributed by atoms with Crippen LogP contribution in [-0.4, -0.2) is 48.5 Å². The van der Waals surface area contributed by atoms with Crippen molar-refractivity contribution in [2.75, 3.05) is 37.6 Å². The van der Waals surface area contributed by atoms with Crippen LogP contribution >= 0.6 is 36.4 Å². The van der Waals surface area contributed by atoms with Crippen molar-refractivity contribution >= 4 is 48.1 Å². The lowest BCUT2D eigenvalue weighted by atomic mass is 10.1. The summed E-state index contributed by atoms with van der Waals surface area (Å²) in [6, 6.07) is 3.78. The molecule has 138 valence electrons. The van der Waals surface area contributed by atoms with E-state index in [0.717, 1.165) is 64.2 Å². The largest absolute Gasteiger partial charge is 0.353 e. The second-order valence-corrected chi connectivity index (χ2v) is 6.09. The molecule has 5 nitrogen and oxygen atoms in total. The van der Waals surface area contributed by atoms with Crippen molar-refractivity contribution in [3.05, 3.63) is 23.4 Å². The monoisotopic (exact) mass is 396 g/mol. The average Bonchev–Trinajstić information content (AvgIpc) is 2.55. The number of halogens is 3. The summed E-state index contributed by atoms with van der Waals surface area (Å²) in [5, 5.41) is 0.646. The van der Waals surface area contributed by atoms with E-state index in [0.29, 0.717) is 11.4 Å². The predicted octanol–water partition coefficient (Wildman–Crippen LogP) is 3.14. The fourth-order valence-corrected chi connectivity index (χ4v) is 2.78. The van der Waals surface area contributed by atoms with Crippen LogP contribution in [0.5, 0.6) is 0 Å². The highest BCUT2D eigenvalue weighted by molar-refractivity contribution is 6.30. The zero-order valence-corrected chi connectivity index (χ0v) is 16.2. The van der Waals surface area contributed by atoms with Gasteiger partial charge in [0.25, 0.3) is 0 Å². The predicted molar refractivity (Wildman–Crippen MR) is 105 cm³/mol.